The van der Waals surface area contributed by atoms with E-state index in [2.05, 4.69) is 45.4 Å². The van der Waals surface area contributed by atoms with Crippen molar-refractivity contribution in [3.8, 4) is 11.8 Å². The minimum absolute atomic E-state index is 0.0625. The lowest BCUT2D eigenvalue weighted by atomic mass is 9.84. The van der Waals surface area contributed by atoms with Gasteiger partial charge in [-0.2, -0.15) is 10.2 Å². The third-order valence-electron chi connectivity index (χ3n) is 6.38. The molecule has 2 aliphatic heterocycles. The van der Waals surface area contributed by atoms with E-state index in [4.69, 9.17) is 4.74 Å². The van der Waals surface area contributed by atoms with Gasteiger partial charge in [-0.1, -0.05) is 0 Å². The number of ether oxygens (including phenoxy) is 1. The normalized spacial score (nSPS) is 22.8. The number of nitrogens with zero attached hydrogens (tertiary/aromatic N) is 4. The first-order valence-corrected chi connectivity index (χ1v) is 11.4. The first-order chi connectivity index (χ1) is 15.7. The van der Waals surface area contributed by atoms with Gasteiger partial charge >= 0.3 is 0 Å². The first-order valence-electron chi connectivity index (χ1n) is 11.4. The number of anilines is 3. The number of nitriles is 1. The van der Waals surface area contributed by atoms with Crippen LogP contribution < -0.4 is 15.4 Å². The number of hydrogen-bond acceptors (Lipinski definition) is 8. The topological polar surface area (TPSA) is 106 Å². The molecule has 1 unspecified atom stereocenters. The van der Waals surface area contributed by atoms with Gasteiger partial charge in [0.25, 0.3) is 0 Å². The molecule has 2 fully saturated rings. The number of aromatic nitrogens is 2. The monoisotopic (exact) mass is 454 g/mol. The highest BCUT2D eigenvalue weighted by Crippen LogP contribution is 2.38. The molecule has 0 spiro atoms. The van der Waals surface area contributed by atoms with Crippen molar-refractivity contribution in [2.24, 2.45) is 0 Å². The summed E-state index contributed by atoms with van der Waals surface area (Å²) < 4.78 is 20.0. The zero-order valence-corrected chi connectivity index (χ0v) is 19.3. The SMILES string of the molecule is CC(O)COc1ccc(Nc2ncc(F)c(N[C@@H]3C[C@H]4CCCN4C(C)(C)C3)n2)cc1C#N. The van der Waals surface area contributed by atoms with Crippen molar-refractivity contribution in [2.75, 3.05) is 23.8 Å². The second-order valence-electron chi connectivity index (χ2n) is 9.58. The van der Waals surface area contributed by atoms with E-state index in [0.29, 0.717) is 23.0 Å². The number of hydrogen-bond donors (Lipinski definition) is 3. The van der Waals surface area contributed by atoms with E-state index in [1.807, 2.05) is 0 Å². The molecular formula is C24H31FN6O2. The third kappa shape index (κ3) is 5.34. The molecule has 8 nitrogen and oxygen atoms in total. The fourth-order valence-electron chi connectivity index (χ4n) is 5.00. The molecular weight excluding hydrogens is 423 g/mol. The molecule has 0 amide bonds. The molecule has 0 radical (unpaired) electrons. The second kappa shape index (κ2) is 9.49. The molecule has 176 valence electrons. The standard InChI is InChI=1S/C24H31FN6O2/c1-15(32)14-33-21-7-6-17(9-16(21)12-26)29-23-27-13-20(25)22(30-23)28-18-10-19-5-4-8-31(19)24(2,3)11-18/h6-7,9,13,15,18-19,32H,4-5,8,10-11,14H2,1-3H3,(H2,27,28,29,30)/t15?,18-,19-/m1/s1. The molecule has 0 bridgehead atoms. The lowest BCUT2D eigenvalue weighted by molar-refractivity contribution is 0.0500. The summed E-state index contributed by atoms with van der Waals surface area (Å²) in [6.07, 6.45) is 4.78. The smallest absolute Gasteiger partial charge is 0.229 e. The van der Waals surface area contributed by atoms with Crippen molar-refractivity contribution in [3.05, 3.63) is 35.8 Å². The van der Waals surface area contributed by atoms with E-state index in [0.717, 1.165) is 25.6 Å². The number of rotatable bonds is 7. The maximum absolute atomic E-state index is 14.5. The Morgan fingerprint density at radius 2 is 2.24 bits per heavy atom. The van der Waals surface area contributed by atoms with Crippen molar-refractivity contribution in [3.63, 3.8) is 0 Å². The van der Waals surface area contributed by atoms with Gasteiger partial charge in [-0.25, -0.2) is 9.37 Å². The molecule has 1 aromatic heterocycles. The van der Waals surface area contributed by atoms with Gasteiger partial charge in [-0.3, -0.25) is 4.90 Å². The predicted octanol–water partition coefficient (Wildman–Crippen LogP) is 3.81. The van der Waals surface area contributed by atoms with Crippen LogP contribution in [0, 0.1) is 17.1 Å². The van der Waals surface area contributed by atoms with Gasteiger partial charge < -0.3 is 20.5 Å². The summed E-state index contributed by atoms with van der Waals surface area (Å²) in [5, 5.41) is 25.2. The van der Waals surface area contributed by atoms with E-state index in [1.54, 1.807) is 25.1 Å². The van der Waals surface area contributed by atoms with E-state index in [-0.39, 0.29) is 30.0 Å². The molecule has 3 atom stereocenters. The van der Waals surface area contributed by atoms with Crippen molar-refractivity contribution in [1.29, 1.82) is 5.26 Å². The summed E-state index contributed by atoms with van der Waals surface area (Å²) >= 11 is 0. The van der Waals surface area contributed by atoms with Crippen LogP contribution in [0.4, 0.5) is 21.8 Å². The molecule has 0 aliphatic carbocycles. The highest BCUT2D eigenvalue weighted by Gasteiger charge is 2.43. The fraction of sp³-hybridized carbons (Fsp3) is 0.542. The minimum Gasteiger partial charge on any atom is -0.490 e. The second-order valence-corrected chi connectivity index (χ2v) is 9.58. The highest BCUT2D eigenvalue weighted by molar-refractivity contribution is 5.61. The van der Waals surface area contributed by atoms with E-state index < -0.39 is 11.9 Å². The predicted molar refractivity (Wildman–Crippen MR) is 124 cm³/mol. The molecule has 2 aromatic rings. The van der Waals surface area contributed by atoms with Gasteiger partial charge in [0.2, 0.25) is 5.95 Å². The van der Waals surface area contributed by atoms with Crippen LogP contribution in [0.2, 0.25) is 0 Å². The highest BCUT2D eigenvalue weighted by atomic mass is 19.1. The Kier molecular flexibility index (Phi) is 6.68. The summed E-state index contributed by atoms with van der Waals surface area (Å²) in [5.74, 6) is 0.300. The molecule has 4 rings (SSSR count). The van der Waals surface area contributed by atoms with Gasteiger partial charge in [-0.15, -0.1) is 0 Å². The van der Waals surface area contributed by atoms with Crippen molar-refractivity contribution in [1.82, 2.24) is 14.9 Å². The molecule has 9 heteroatoms. The zero-order chi connectivity index (χ0) is 23.6. The Balaban J connectivity index is 1.47. The summed E-state index contributed by atoms with van der Waals surface area (Å²) in [5.41, 5.74) is 0.952. The zero-order valence-electron chi connectivity index (χ0n) is 19.3. The number of aliphatic hydroxyl groups is 1. The lowest BCUT2D eigenvalue weighted by Crippen LogP contribution is -2.55. The number of piperidine rings is 1. The van der Waals surface area contributed by atoms with E-state index in [9.17, 15) is 14.8 Å². The Bertz CT molecular complexity index is 1040. The van der Waals surface area contributed by atoms with Crippen LogP contribution in [0.3, 0.4) is 0 Å². The van der Waals surface area contributed by atoms with Crippen LogP contribution in [0.1, 0.15) is 52.0 Å². The molecule has 33 heavy (non-hydrogen) atoms. The Hall–Kier alpha value is -2.96. The van der Waals surface area contributed by atoms with Crippen LogP contribution in [0.25, 0.3) is 0 Å². The molecule has 3 N–H and O–H groups in total. The Labute approximate surface area is 193 Å². The quantitative estimate of drug-likeness (QED) is 0.580. The maximum atomic E-state index is 14.5. The number of aliphatic hydroxyl groups excluding tert-OH is 1. The molecule has 2 aliphatic rings. The fourth-order valence-corrected chi connectivity index (χ4v) is 5.00. The van der Waals surface area contributed by atoms with Gasteiger partial charge in [0, 0.05) is 23.3 Å². The first kappa shape index (κ1) is 23.2. The third-order valence-corrected chi connectivity index (χ3v) is 6.38. The molecule has 2 saturated heterocycles. The van der Waals surface area contributed by atoms with Crippen LogP contribution in [-0.2, 0) is 0 Å². The summed E-state index contributed by atoms with van der Waals surface area (Å²) in [6, 6.07) is 7.70. The molecule has 3 heterocycles. The largest absolute Gasteiger partial charge is 0.490 e. The minimum atomic E-state index is -0.639. The van der Waals surface area contributed by atoms with Gasteiger partial charge in [0.15, 0.2) is 11.6 Å². The molecule has 1 aromatic carbocycles. The van der Waals surface area contributed by atoms with Crippen molar-refractivity contribution in [2.45, 2.75) is 70.2 Å². The van der Waals surface area contributed by atoms with Crippen molar-refractivity contribution < 1.29 is 14.2 Å². The average molecular weight is 455 g/mol. The van der Waals surface area contributed by atoms with E-state index >= 15 is 0 Å². The van der Waals surface area contributed by atoms with Crippen LogP contribution in [0.15, 0.2) is 24.4 Å². The Morgan fingerprint density at radius 3 is 3.00 bits per heavy atom. The lowest BCUT2D eigenvalue weighted by Gasteiger charge is -2.47. The van der Waals surface area contributed by atoms with Crippen LogP contribution >= 0.6 is 0 Å². The number of halogens is 1. The Morgan fingerprint density at radius 1 is 1.42 bits per heavy atom. The number of benzene rings is 1. The van der Waals surface area contributed by atoms with Crippen LogP contribution in [-0.4, -0.2) is 56.9 Å². The summed E-state index contributed by atoms with van der Waals surface area (Å²) in [6.45, 7) is 7.34. The van der Waals surface area contributed by atoms with Gasteiger partial charge in [0.1, 0.15) is 18.4 Å². The molecule has 0 saturated carbocycles. The van der Waals surface area contributed by atoms with Crippen molar-refractivity contribution >= 4 is 17.5 Å². The summed E-state index contributed by atoms with van der Waals surface area (Å²) in [4.78, 5) is 11.0. The maximum Gasteiger partial charge on any atom is 0.229 e. The number of fused-ring (bicyclic) bond motifs is 1. The van der Waals surface area contributed by atoms with Gasteiger partial charge in [-0.05, 0) is 71.2 Å². The van der Waals surface area contributed by atoms with Gasteiger partial charge in [0.05, 0.1) is 17.9 Å². The van der Waals surface area contributed by atoms with E-state index in [1.165, 1.54) is 12.8 Å². The average Bonchev–Trinajstić information content (AvgIpc) is 3.24. The van der Waals surface area contributed by atoms with Crippen LogP contribution in [0.5, 0.6) is 5.75 Å². The number of nitrogens with one attached hydrogen (secondary N) is 2. The summed E-state index contributed by atoms with van der Waals surface area (Å²) in [7, 11) is 0.